The molecule has 0 aliphatic heterocycles. The maximum atomic E-state index is 12.1. The van der Waals surface area contributed by atoms with Crippen molar-refractivity contribution in [2.75, 3.05) is 13.2 Å². The van der Waals surface area contributed by atoms with Crippen LogP contribution in [0.25, 0.3) is 0 Å². The summed E-state index contributed by atoms with van der Waals surface area (Å²) in [7, 11) is 0. The Morgan fingerprint density at radius 2 is 0.911 bits per heavy atom. The van der Waals surface area contributed by atoms with E-state index in [0.29, 0.717) is 24.7 Å². The lowest BCUT2D eigenvalue weighted by Crippen LogP contribution is -2.14. The van der Waals surface area contributed by atoms with E-state index in [1.54, 1.807) is 0 Å². The van der Waals surface area contributed by atoms with E-state index in [4.69, 9.17) is 19.4 Å². The van der Waals surface area contributed by atoms with Gasteiger partial charge in [-0.25, -0.2) is 0 Å². The van der Waals surface area contributed by atoms with E-state index < -0.39 is 5.97 Å². The quantitative estimate of drug-likeness (QED) is 0.0842. The molecule has 0 saturated carbocycles. The summed E-state index contributed by atoms with van der Waals surface area (Å²) in [6.45, 7) is 25.0. The van der Waals surface area contributed by atoms with Crippen LogP contribution in [0.2, 0.25) is 0 Å². The molecule has 0 aromatic heterocycles. The molecule has 2 aromatic rings. The van der Waals surface area contributed by atoms with Crippen molar-refractivity contribution in [3.8, 4) is 11.5 Å². The number of aromatic hydroxyl groups is 2. The first-order valence-corrected chi connectivity index (χ1v) is 21.3. The number of phenolic OH excluding ortho intramolecular Hbond substituents is 2. The molecule has 2 rings (SSSR count). The lowest BCUT2D eigenvalue weighted by Gasteiger charge is -2.22. The first-order chi connectivity index (χ1) is 26.1. The van der Waals surface area contributed by atoms with Crippen LogP contribution in [0.4, 0.5) is 0 Å². The van der Waals surface area contributed by atoms with Gasteiger partial charge in [0, 0.05) is 6.92 Å². The lowest BCUT2D eigenvalue weighted by molar-refractivity contribution is -0.143. The molecule has 0 aliphatic rings. The van der Waals surface area contributed by atoms with Gasteiger partial charge in [0.1, 0.15) is 11.5 Å². The van der Waals surface area contributed by atoms with Gasteiger partial charge in [-0.1, -0.05) is 164 Å². The molecular weight excluding hydrogens is 705 g/mol. The maximum absolute atomic E-state index is 12.1. The average molecular weight is 785 g/mol. The van der Waals surface area contributed by atoms with Gasteiger partial charge in [0.2, 0.25) is 0 Å². The van der Waals surface area contributed by atoms with Crippen LogP contribution in [0.15, 0.2) is 24.3 Å². The number of aliphatic carboxylic acids is 1. The number of carbonyl (C=O) groups excluding carboxylic acids is 2. The first kappa shape index (κ1) is 52.5. The molecule has 56 heavy (non-hydrogen) atoms. The molecule has 0 heterocycles. The van der Waals surface area contributed by atoms with Gasteiger partial charge >= 0.3 is 11.9 Å². The molecule has 0 bridgehead atoms. The monoisotopic (exact) mass is 785 g/mol. The number of carboxylic acids is 1. The third kappa shape index (κ3) is 24.9. The highest BCUT2D eigenvalue weighted by molar-refractivity contribution is 5.73. The first-order valence-electron chi connectivity index (χ1n) is 21.3. The van der Waals surface area contributed by atoms with E-state index in [1.165, 1.54) is 64.2 Å². The van der Waals surface area contributed by atoms with Gasteiger partial charge in [-0.3, -0.25) is 14.4 Å². The molecular formula is C48H80O8. The summed E-state index contributed by atoms with van der Waals surface area (Å²) in [6, 6.07) is 7.61. The Hall–Kier alpha value is -3.55. The molecule has 8 heteroatoms. The number of unbranched alkanes of at least 4 members (excludes halogenated alkanes) is 11. The van der Waals surface area contributed by atoms with E-state index in [0.717, 1.165) is 71.9 Å². The highest BCUT2D eigenvalue weighted by Gasteiger charge is 2.22. The van der Waals surface area contributed by atoms with Crippen molar-refractivity contribution < 1.29 is 39.2 Å². The summed E-state index contributed by atoms with van der Waals surface area (Å²) in [5.41, 5.74) is 4.86. The van der Waals surface area contributed by atoms with Crippen LogP contribution in [-0.2, 0) is 47.5 Å². The molecule has 8 nitrogen and oxygen atoms in total. The molecule has 0 radical (unpaired) electrons. The second kappa shape index (κ2) is 27.9. The number of phenols is 2. The lowest BCUT2D eigenvalue weighted by atomic mass is 9.84. The van der Waals surface area contributed by atoms with Gasteiger partial charge in [-0.05, 0) is 76.8 Å². The Labute approximate surface area is 341 Å². The molecule has 0 amide bonds. The van der Waals surface area contributed by atoms with Gasteiger partial charge in [0.05, 0.1) is 26.1 Å². The molecule has 320 valence electrons. The normalized spacial score (nSPS) is 11.3. The van der Waals surface area contributed by atoms with E-state index in [-0.39, 0.29) is 35.6 Å². The van der Waals surface area contributed by atoms with Crippen LogP contribution >= 0.6 is 0 Å². The number of carboxylic acid groups (broad SMARTS) is 1. The third-order valence-electron chi connectivity index (χ3n) is 9.48. The van der Waals surface area contributed by atoms with E-state index >= 15 is 0 Å². The predicted octanol–water partition coefficient (Wildman–Crippen LogP) is 12.4. The second-order valence-corrected chi connectivity index (χ2v) is 17.9. The number of rotatable bonds is 21. The average Bonchev–Trinajstić information content (AvgIpc) is 3.07. The van der Waals surface area contributed by atoms with Crippen LogP contribution < -0.4 is 0 Å². The molecule has 0 spiro atoms. The fourth-order valence-corrected chi connectivity index (χ4v) is 6.28. The molecule has 0 atom stereocenters. The largest absolute Gasteiger partial charge is 0.507 e. The van der Waals surface area contributed by atoms with Crippen LogP contribution in [0.1, 0.15) is 193 Å². The van der Waals surface area contributed by atoms with Gasteiger partial charge in [0.15, 0.2) is 0 Å². The second-order valence-electron chi connectivity index (χ2n) is 17.9. The maximum Gasteiger partial charge on any atom is 0.310 e. The fraction of sp³-hybridized carbons (Fsp3) is 0.688. The number of carbonyl (C=O) groups is 3. The van der Waals surface area contributed by atoms with Crippen molar-refractivity contribution in [1.29, 1.82) is 0 Å². The minimum Gasteiger partial charge on any atom is -0.507 e. The highest BCUT2D eigenvalue weighted by Crippen LogP contribution is 2.35. The molecule has 0 unspecified atom stereocenters. The number of hydrogen-bond acceptors (Lipinski definition) is 7. The van der Waals surface area contributed by atoms with Crippen molar-refractivity contribution >= 4 is 17.9 Å². The molecule has 0 saturated heterocycles. The van der Waals surface area contributed by atoms with Crippen LogP contribution in [0.3, 0.4) is 0 Å². The Bertz CT molecular complexity index is 1420. The van der Waals surface area contributed by atoms with Gasteiger partial charge in [0.25, 0.3) is 5.97 Å². The van der Waals surface area contributed by atoms with Gasteiger partial charge in [-0.2, -0.15) is 0 Å². The van der Waals surface area contributed by atoms with Crippen LogP contribution in [0, 0.1) is 19.8 Å². The van der Waals surface area contributed by atoms with Crippen molar-refractivity contribution in [3.63, 3.8) is 0 Å². The number of aryl methyl sites for hydroxylation is 2. The summed E-state index contributed by atoms with van der Waals surface area (Å²) in [4.78, 5) is 33.2. The Morgan fingerprint density at radius 3 is 1.23 bits per heavy atom. The van der Waals surface area contributed by atoms with Crippen molar-refractivity contribution in [2.24, 2.45) is 5.92 Å². The summed E-state index contributed by atoms with van der Waals surface area (Å²) < 4.78 is 10.8. The topological polar surface area (TPSA) is 130 Å². The smallest absolute Gasteiger partial charge is 0.310 e. The Kier molecular flexibility index (Phi) is 26.2. The standard InChI is InChI=1S/2C23H38O3.C2H4O2/c1-17(2)12-10-8-7-9-11-13-26-21(24)16-19-14-18(3)22(25)20(15-19)23(4,5)6;1-6-7-8-9-10-11-12-13-14-26-21(24)17-19-15-18(2)22(25)20(16-19)23(3,4)5;1-2(3)4/h14-15,17,25H,7-13,16H2,1-6H3;15-16,25H,6-14,17H2,1-5H3;1H3,(H,3,4). The SMILES string of the molecule is CC(=O)O.CCCCCCCCCCOC(=O)Cc1cc(C)c(O)c(C(C)(C)C)c1.Cc1cc(CC(=O)OCCCCCCCC(C)C)cc(C(C)(C)C)c1O. The number of esters is 2. The van der Waals surface area contributed by atoms with Crippen LogP contribution in [0.5, 0.6) is 11.5 Å². The summed E-state index contributed by atoms with van der Waals surface area (Å²) >= 11 is 0. The Balaban J connectivity index is 0.000000985. The molecule has 0 fully saturated rings. The highest BCUT2D eigenvalue weighted by atomic mass is 16.5. The van der Waals surface area contributed by atoms with Gasteiger partial charge in [-0.15, -0.1) is 0 Å². The third-order valence-corrected chi connectivity index (χ3v) is 9.48. The van der Waals surface area contributed by atoms with E-state index in [2.05, 4.69) is 62.3 Å². The summed E-state index contributed by atoms with van der Waals surface area (Å²) in [5, 5.41) is 28.0. The van der Waals surface area contributed by atoms with Crippen molar-refractivity contribution in [2.45, 2.75) is 197 Å². The summed E-state index contributed by atoms with van der Waals surface area (Å²) in [6.07, 6.45) is 17.6. The zero-order valence-electron chi connectivity index (χ0n) is 37.5. The van der Waals surface area contributed by atoms with Crippen molar-refractivity contribution in [1.82, 2.24) is 0 Å². The minimum absolute atomic E-state index is 0.161. The van der Waals surface area contributed by atoms with E-state index in [9.17, 15) is 19.8 Å². The van der Waals surface area contributed by atoms with E-state index in [1.807, 2.05) is 38.1 Å². The van der Waals surface area contributed by atoms with Gasteiger partial charge < -0.3 is 24.8 Å². The fourth-order valence-electron chi connectivity index (χ4n) is 6.28. The molecule has 3 N–H and O–H groups in total. The molecule has 2 aromatic carbocycles. The number of benzene rings is 2. The number of hydrogen-bond donors (Lipinski definition) is 3. The predicted molar refractivity (Wildman–Crippen MR) is 231 cm³/mol. The zero-order chi connectivity index (χ0) is 42.9. The minimum atomic E-state index is -0.833. The Morgan fingerprint density at radius 1 is 0.589 bits per heavy atom. The van der Waals surface area contributed by atoms with Crippen LogP contribution in [-0.4, -0.2) is 46.4 Å². The number of ether oxygens (including phenoxy) is 2. The van der Waals surface area contributed by atoms with Crippen molar-refractivity contribution in [3.05, 3.63) is 57.6 Å². The molecule has 0 aliphatic carbocycles. The summed E-state index contributed by atoms with van der Waals surface area (Å²) in [5.74, 6) is 0.242. The zero-order valence-corrected chi connectivity index (χ0v) is 37.5.